The number of anilines is 2. The molecule has 0 aliphatic carbocycles. The van der Waals surface area contributed by atoms with Crippen molar-refractivity contribution in [3.8, 4) is 0 Å². The molecule has 0 radical (unpaired) electrons. The van der Waals surface area contributed by atoms with Crippen LogP contribution in [0.1, 0.15) is 28.5 Å². The van der Waals surface area contributed by atoms with Crippen molar-refractivity contribution in [2.75, 3.05) is 11.9 Å². The molecule has 0 saturated heterocycles. The Bertz CT molecular complexity index is 680. The fourth-order valence-electron chi connectivity index (χ4n) is 2.23. The first-order chi connectivity index (χ1) is 10.7. The van der Waals surface area contributed by atoms with Crippen molar-refractivity contribution in [2.24, 2.45) is 0 Å². The van der Waals surface area contributed by atoms with E-state index in [1.165, 1.54) is 11.1 Å². The van der Waals surface area contributed by atoms with Gasteiger partial charge in [0.1, 0.15) is 5.69 Å². The Morgan fingerprint density at radius 2 is 2.18 bits per heavy atom. The molecular formula is C18H21N3O. The van der Waals surface area contributed by atoms with Crippen LogP contribution in [0.4, 0.5) is 11.4 Å². The average Bonchev–Trinajstić information content (AvgIpc) is 2.54. The van der Waals surface area contributed by atoms with E-state index in [0.29, 0.717) is 12.2 Å². The zero-order valence-electron chi connectivity index (χ0n) is 13.0. The smallest absolute Gasteiger partial charge is 0.270 e. The standard InChI is InChI=1S/C18H21N3O/c1-4-10-20-18(22)16-12-15(9-11-19-16)21-17-13(3)7-6-8-14(17)5-2/h4,6-9,11-12H,1,5,10H2,2-3H3,(H,19,21)(H,20,22). The van der Waals surface area contributed by atoms with E-state index in [4.69, 9.17) is 0 Å². The van der Waals surface area contributed by atoms with Crippen molar-refractivity contribution < 1.29 is 4.79 Å². The van der Waals surface area contributed by atoms with Gasteiger partial charge in [0.15, 0.2) is 0 Å². The molecule has 114 valence electrons. The number of hydrogen-bond acceptors (Lipinski definition) is 3. The number of rotatable bonds is 6. The quantitative estimate of drug-likeness (QED) is 0.800. The largest absolute Gasteiger partial charge is 0.355 e. The van der Waals surface area contributed by atoms with Gasteiger partial charge in [-0.3, -0.25) is 9.78 Å². The molecule has 0 atom stereocenters. The Morgan fingerprint density at radius 3 is 2.91 bits per heavy atom. The second kappa shape index (κ2) is 7.41. The first-order valence-corrected chi connectivity index (χ1v) is 7.36. The van der Waals surface area contributed by atoms with Gasteiger partial charge in [-0.15, -0.1) is 6.58 Å². The summed E-state index contributed by atoms with van der Waals surface area (Å²) >= 11 is 0. The molecule has 0 fully saturated rings. The minimum absolute atomic E-state index is 0.205. The van der Waals surface area contributed by atoms with Crippen LogP contribution >= 0.6 is 0 Å². The predicted octanol–water partition coefficient (Wildman–Crippen LogP) is 3.61. The SMILES string of the molecule is C=CCNC(=O)c1cc(Nc2c(C)cccc2CC)ccn1. The summed E-state index contributed by atoms with van der Waals surface area (Å²) < 4.78 is 0. The van der Waals surface area contributed by atoms with Crippen molar-refractivity contribution in [2.45, 2.75) is 20.3 Å². The molecule has 0 unspecified atom stereocenters. The van der Waals surface area contributed by atoms with E-state index in [-0.39, 0.29) is 5.91 Å². The van der Waals surface area contributed by atoms with Gasteiger partial charge < -0.3 is 10.6 Å². The minimum Gasteiger partial charge on any atom is -0.355 e. The summed E-state index contributed by atoms with van der Waals surface area (Å²) in [6.07, 6.45) is 4.22. The molecule has 4 nitrogen and oxygen atoms in total. The summed E-state index contributed by atoms with van der Waals surface area (Å²) in [6.45, 7) is 8.20. The van der Waals surface area contributed by atoms with Gasteiger partial charge in [-0.25, -0.2) is 0 Å². The number of aryl methyl sites for hydroxylation is 2. The van der Waals surface area contributed by atoms with E-state index in [0.717, 1.165) is 17.8 Å². The first-order valence-electron chi connectivity index (χ1n) is 7.36. The number of nitrogens with zero attached hydrogens (tertiary/aromatic N) is 1. The molecule has 22 heavy (non-hydrogen) atoms. The van der Waals surface area contributed by atoms with Crippen LogP contribution in [0.3, 0.4) is 0 Å². The minimum atomic E-state index is -0.205. The van der Waals surface area contributed by atoms with Crippen molar-refractivity contribution in [1.82, 2.24) is 10.3 Å². The number of aromatic nitrogens is 1. The van der Waals surface area contributed by atoms with Crippen LogP contribution in [0.25, 0.3) is 0 Å². The van der Waals surface area contributed by atoms with Gasteiger partial charge in [0.05, 0.1) is 0 Å². The van der Waals surface area contributed by atoms with E-state index in [2.05, 4.69) is 54.2 Å². The van der Waals surface area contributed by atoms with Crippen molar-refractivity contribution >= 4 is 17.3 Å². The monoisotopic (exact) mass is 295 g/mol. The van der Waals surface area contributed by atoms with E-state index in [1.807, 2.05) is 6.07 Å². The highest BCUT2D eigenvalue weighted by molar-refractivity contribution is 5.93. The summed E-state index contributed by atoms with van der Waals surface area (Å²) in [4.78, 5) is 16.1. The van der Waals surface area contributed by atoms with Crippen LogP contribution < -0.4 is 10.6 Å². The number of hydrogen-bond donors (Lipinski definition) is 2. The highest BCUT2D eigenvalue weighted by Gasteiger charge is 2.09. The van der Waals surface area contributed by atoms with Crippen molar-refractivity contribution in [1.29, 1.82) is 0 Å². The molecular weight excluding hydrogens is 274 g/mol. The molecule has 1 heterocycles. The van der Waals surface area contributed by atoms with Crippen molar-refractivity contribution in [3.63, 3.8) is 0 Å². The van der Waals surface area contributed by atoms with E-state index in [1.54, 1.807) is 18.3 Å². The maximum Gasteiger partial charge on any atom is 0.270 e. The topological polar surface area (TPSA) is 54.0 Å². The van der Waals surface area contributed by atoms with Gasteiger partial charge in [0.2, 0.25) is 0 Å². The Balaban J connectivity index is 2.24. The fourth-order valence-corrected chi connectivity index (χ4v) is 2.23. The zero-order valence-corrected chi connectivity index (χ0v) is 13.0. The number of carbonyl (C=O) groups excluding carboxylic acids is 1. The van der Waals surface area contributed by atoms with Gasteiger partial charge in [-0.2, -0.15) is 0 Å². The summed E-state index contributed by atoms with van der Waals surface area (Å²) in [5.74, 6) is -0.205. The van der Waals surface area contributed by atoms with E-state index >= 15 is 0 Å². The van der Waals surface area contributed by atoms with Crippen LogP contribution in [0, 0.1) is 6.92 Å². The predicted molar refractivity (Wildman–Crippen MR) is 90.6 cm³/mol. The summed E-state index contributed by atoms with van der Waals surface area (Å²) in [5, 5.41) is 6.13. The molecule has 1 amide bonds. The lowest BCUT2D eigenvalue weighted by Gasteiger charge is -2.14. The van der Waals surface area contributed by atoms with Crippen molar-refractivity contribution in [3.05, 3.63) is 66.0 Å². The normalized spacial score (nSPS) is 10.1. The summed E-state index contributed by atoms with van der Waals surface area (Å²) in [7, 11) is 0. The van der Waals surface area contributed by atoms with Crippen LogP contribution in [-0.4, -0.2) is 17.4 Å². The second-order valence-electron chi connectivity index (χ2n) is 5.02. The van der Waals surface area contributed by atoms with Crippen LogP contribution in [0.15, 0.2) is 49.2 Å². The molecule has 0 aliphatic rings. The maximum atomic E-state index is 11.9. The second-order valence-corrected chi connectivity index (χ2v) is 5.02. The molecule has 0 spiro atoms. The first kappa shape index (κ1) is 15.8. The fraction of sp³-hybridized carbons (Fsp3) is 0.222. The van der Waals surface area contributed by atoms with E-state index < -0.39 is 0 Å². The number of benzene rings is 1. The van der Waals surface area contributed by atoms with Gasteiger partial charge >= 0.3 is 0 Å². The zero-order chi connectivity index (χ0) is 15.9. The number of nitrogens with one attached hydrogen (secondary N) is 2. The Morgan fingerprint density at radius 1 is 1.36 bits per heavy atom. The number of para-hydroxylation sites is 1. The Labute approximate surface area is 131 Å². The summed E-state index contributed by atoms with van der Waals surface area (Å²) in [6, 6.07) is 9.84. The van der Waals surface area contributed by atoms with Gasteiger partial charge in [-0.05, 0) is 36.6 Å². The van der Waals surface area contributed by atoms with Gasteiger partial charge in [0.25, 0.3) is 5.91 Å². The van der Waals surface area contributed by atoms with E-state index in [9.17, 15) is 4.79 Å². The Hall–Kier alpha value is -2.62. The highest BCUT2D eigenvalue weighted by Crippen LogP contribution is 2.25. The maximum absolute atomic E-state index is 11.9. The number of amides is 1. The molecule has 1 aromatic carbocycles. The van der Waals surface area contributed by atoms with Gasteiger partial charge in [-0.1, -0.05) is 31.2 Å². The number of pyridine rings is 1. The third kappa shape index (κ3) is 3.73. The third-order valence-electron chi connectivity index (χ3n) is 3.41. The lowest BCUT2D eigenvalue weighted by Crippen LogP contribution is -2.24. The molecule has 0 saturated carbocycles. The molecule has 0 aliphatic heterocycles. The average molecular weight is 295 g/mol. The third-order valence-corrected chi connectivity index (χ3v) is 3.41. The molecule has 2 aromatic rings. The lowest BCUT2D eigenvalue weighted by molar-refractivity contribution is 0.0953. The van der Waals surface area contributed by atoms with Crippen LogP contribution in [-0.2, 0) is 6.42 Å². The van der Waals surface area contributed by atoms with Crippen LogP contribution in [0.5, 0.6) is 0 Å². The molecule has 4 heteroatoms. The Kier molecular flexibility index (Phi) is 5.31. The highest BCUT2D eigenvalue weighted by atomic mass is 16.1. The summed E-state index contributed by atoms with van der Waals surface area (Å²) in [5.41, 5.74) is 4.75. The lowest BCUT2D eigenvalue weighted by atomic mass is 10.1. The number of carbonyl (C=O) groups is 1. The van der Waals surface area contributed by atoms with Crippen LogP contribution in [0.2, 0.25) is 0 Å². The molecule has 0 bridgehead atoms. The molecule has 2 rings (SSSR count). The molecule has 1 aromatic heterocycles. The van der Waals surface area contributed by atoms with Gasteiger partial charge in [0, 0.05) is 24.1 Å². The molecule has 2 N–H and O–H groups in total.